The van der Waals surface area contributed by atoms with Crippen LogP contribution in [0.3, 0.4) is 0 Å². The summed E-state index contributed by atoms with van der Waals surface area (Å²) in [5.74, 6) is 2.23. The SMILES string of the molecule is CCOc1ccc(Nc2nc(NCC3CCCO3)c3ccccc3n2)cc1.Cl. The second kappa shape index (κ2) is 9.57. The lowest BCUT2D eigenvalue weighted by molar-refractivity contribution is 0.120. The fraction of sp³-hybridized carbons (Fsp3) is 0.333. The van der Waals surface area contributed by atoms with Gasteiger partial charge in [-0.15, -0.1) is 12.4 Å². The number of aromatic nitrogens is 2. The molecule has 148 valence electrons. The maximum atomic E-state index is 5.71. The number of halogens is 1. The Hall–Kier alpha value is -2.57. The minimum Gasteiger partial charge on any atom is -0.494 e. The monoisotopic (exact) mass is 400 g/mol. The molecule has 1 unspecified atom stereocenters. The Balaban J connectivity index is 0.00000225. The molecule has 1 saturated heterocycles. The maximum Gasteiger partial charge on any atom is 0.229 e. The van der Waals surface area contributed by atoms with Gasteiger partial charge >= 0.3 is 0 Å². The molecule has 1 fully saturated rings. The summed E-state index contributed by atoms with van der Waals surface area (Å²) in [6, 6.07) is 15.8. The predicted molar refractivity (Wildman–Crippen MR) is 115 cm³/mol. The highest BCUT2D eigenvalue weighted by Crippen LogP contribution is 2.25. The van der Waals surface area contributed by atoms with E-state index in [-0.39, 0.29) is 18.5 Å². The van der Waals surface area contributed by atoms with E-state index in [1.54, 1.807) is 0 Å². The van der Waals surface area contributed by atoms with Crippen LogP contribution in [0.2, 0.25) is 0 Å². The molecule has 1 aliphatic rings. The number of ether oxygens (including phenoxy) is 2. The molecule has 1 aliphatic heterocycles. The molecule has 28 heavy (non-hydrogen) atoms. The molecule has 2 heterocycles. The van der Waals surface area contributed by atoms with Gasteiger partial charge in [0, 0.05) is 24.2 Å². The van der Waals surface area contributed by atoms with E-state index in [0.717, 1.165) is 54.2 Å². The summed E-state index contributed by atoms with van der Waals surface area (Å²) in [5, 5.41) is 7.74. The van der Waals surface area contributed by atoms with Crippen molar-refractivity contribution in [2.75, 3.05) is 30.4 Å². The zero-order valence-corrected chi connectivity index (χ0v) is 16.7. The molecule has 0 radical (unpaired) electrons. The number of fused-ring (bicyclic) bond motifs is 1. The molecule has 0 spiro atoms. The largest absolute Gasteiger partial charge is 0.494 e. The normalized spacial score (nSPS) is 15.8. The van der Waals surface area contributed by atoms with Crippen molar-refractivity contribution in [1.82, 2.24) is 9.97 Å². The summed E-state index contributed by atoms with van der Waals surface area (Å²) >= 11 is 0. The van der Waals surface area contributed by atoms with Crippen LogP contribution in [0.15, 0.2) is 48.5 Å². The van der Waals surface area contributed by atoms with Gasteiger partial charge in [-0.05, 0) is 56.2 Å². The molecule has 2 aromatic carbocycles. The minimum absolute atomic E-state index is 0. The van der Waals surface area contributed by atoms with Gasteiger partial charge in [-0.3, -0.25) is 0 Å². The third kappa shape index (κ3) is 4.82. The van der Waals surface area contributed by atoms with E-state index < -0.39 is 0 Å². The lowest BCUT2D eigenvalue weighted by atomic mass is 10.2. The lowest BCUT2D eigenvalue weighted by Crippen LogP contribution is -2.19. The number of para-hydroxylation sites is 1. The van der Waals surface area contributed by atoms with Gasteiger partial charge in [0.15, 0.2) is 0 Å². The van der Waals surface area contributed by atoms with E-state index in [1.165, 1.54) is 0 Å². The van der Waals surface area contributed by atoms with Crippen LogP contribution in [0.25, 0.3) is 10.9 Å². The van der Waals surface area contributed by atoms with Crippen LogP contribution in [-0.4, -0.2) is 35.8 Å². The molecule has 0 amide bonds. The van der Waals surface area contributed by atoms with E-state index in [9.17, 15) is 0 Å². The Kier molecular flexibility index (Phi) is 6.90. The summed E-state index contributed by atoms with van der Waals surface area (Å²) < 4.78 is 11.2. The third-order valence-corrected chi connectivity index (χ3v) is 4.55. The van der Waals surface area contributed by atoms with Crippen molar-refractivity contribution in [3.63, 3.8) is 0 Å². The van der Waals surface area contributed by atoms with E-state index in [4.69, 9.17) is 14.5 Å². The van der Waals surface area contributed by atoms with Crippen molar-refractivity contribution in [3.05, 3.63) is 48.5 Å². The zero-order valence-electron chi connectivity index (χ0n) is 15.9. The summed E-state index contributed by atoms with van der Waals surface area (Å²) in [4.78, 5) is 9.34. The van der Waals surface area contributed by atoms with Gasteiger partial charge in [0.25, 0.3) is 0 Å². The predicted octanol–water partition coefficient (Wildman–Crippen LogP) is 4.78. The van der Waals surface area contributed by atoms with Gasteiger partial charge in [0.05, 0.1) is 18.2 Å². The van der Waals surface area contributed by atoms with Crippen molar-refractivity contribution in [3.8, 4) is 5.75 Å². The van der Waals surface area contributed by atoms with Crippen LogP contribution < -0.4 is 15.4 Å². The van der Waals surface area contributed by atoms with Crippen LogP contribution >= 0.6 is 12.4 Å². The zero-order chi connectivity index (χ0) is 18.5. The van der Waals surface area contributed by atoms with Crippen LogP contribution in [-0.2, 0) is 4.74 Å². The quantitative estimate of drug-likeness (QED) is 0.594. The van der Waals surface area contributed by atoms with Gasteiger partial charge in [0.2, 0.25) is 5.95 Å². The van der Waals surface area contributed by atoms with Crippen LogP contribution in [0, 0.1) is 0 Å². The molecule has 2 N–H and O–H groups in total. The van der Waals surface area contributed by atoms with Crippen molar-refractivity contribution < 1.29 is 9.47 Å². The molecular weight excluding hydrogens is 376 g/mol. The Morgan fingerprint density at radius 2 is 1.93 bits per heavy atom. The Morgan fingerprint density at radius 1 is 1.11 bits per heavy atom. The topological polar surface area (TPSA) is 68.3 Å². The number of hydrogen-bond donors (Lipinski definition) is 2. The van der Waals surface area contributed by atoms with Gasteiger partial charge in [0.1, 0.15) is 11.6 Å². The average molecular weight is 401 g/mol. The van der Waals surface area contributed by atoms with Crippen molar-refractivity contribution in [1.29, 1.82) is 0 Å². The van der Waals surface area contributed by atoms with E-state index in [2.05, 4.69) is 15.6 Å². The summed E-state index contributed by atoms with van der Waals surface area (Å²) in [7, 11) is 0. The molecule has 1 aromatic heterocycles. The Morgan fingerprint density at radius 3 is 2.68 bits per heavy atom. The first-order valence-corrected chi connectivity index (χ1v) is 9.44. The number of benzene rings is 2. The van der Waals surface area contributed by atoms with Crippen LogP contribution in [0.5, 0.6) is 5.75 Å². The van der Waals surface area contributed by atoms with Gasteiger partial charge in [-0.25, -0.2) is 4.98 Å². The number of hydrogen-bond acceptors (Lipinski definition) is 6. The molecule has 4 rings (SSSR count). The summed E-state index contributed by atoms with van der Waals surface area (Å²) in [5.41, 5.74) is 1.81. The van der Waals surface area contributed by atoms with Gasteiger partial charge in [-0.1, -0.05) is 12.1 Å². The van der Waals surface area contributed by atoms with E-state index >= 15 is 0 Å². The third-order valence-electron chi connectivity index (χ3n) is 4.55. The average Bonchev–Trinajstić information content (AvgIpc) is 3.21. The summed E-state index contributed by atoms with van der Waals surface area (Å²) in [6.07, 6.45) is 2.47. The molecule has 0 saturated carbocycles. The Labute approximate surface area is 171 Å². The second-order valence-corrected chi connectivity index (χ2v) is 6.51. The first-order valence-electron chi connectivity index (χ1n) is 9.44. The van der Waals surface area contributed by atoms with Crippen LogP contribution in [0.4, 0.5) is 17.5 Å². The highest BCUT2D eigenvalue weighted by Gasteiger charge is 2.16. The van der Waals surface area contributed by atoms with Crippen molar-refractivity contribution in [2.45, 2.75) is 25.9 Å². The van der Waals surface area contributed by atoms with E-state index in [1.807, 2.05) is 55.5 Å². The second-order valence-electron chi connectivity index (χ2n) is 6.51. The molecule has 3 aromatic rings. The minimum atomic E-state index is 0. The Bertz CT molecular complexity index is 899. The number of anilines is 3. The number of nitrogens with zero attached hydrogens (tertiary/aromatic N) is 2. The first-order chi connectivity index (χ1) is 13.3. The van der Waals surface area contributed by atoms with Crippen molar-refractivity contribution >= 4 is 40.8 Å². The molecule has 0 aliphatic carbocycles. The fourth-order valence-corrected chi connectivity index (χ4v) is 3.21. The molecule has 0 bridgehead atoms. The molecular formula is C21H25ClN4O2. The highest BCUT2D eigenvalue weighted by atomic mass is 35.5. The van der Waals surface area contributed by atoms with Gasteiger partial charge in [-0.2, -0.15) is 4.98 Å². The lowest BCUT2D eigenvalue weighted by Gasteiger charge is -2.14. The number of nitrogens with one attached hydrogen (secondary N) is 2. The van der Waals surface area contributed by atoms with Crippen molar-refractivity contribution in [2.24, 2.45) is 0 Å². The molecule has 6 nitrogen and oxygen atoms in total. The highest BCUT2D eigenvalue weighted by molar-refractivity contribution is 5.90. The smallest absolute Gasteiger partial charge is 0.229 e. The maximum absolute atomic E-state index is 5.71. The van der Waals surface area contributed by atoms with Crippen LogP contribution in [0.1, 0.15) is 19.8 Å². The fourth-order valence-electron chi connectivity index (χ4n) is 3.21. The van der Waals surface area contributed by atoms with Gasteiger partial charge < -0.3 is 20.1 Å². The number of rotatable bonds is 7. The molecule has 7 heteroatoms. The standard InChI is InChI=1S/C21H24N4O2.ClH/c1-2-26-16-11-9-15(10-12-16)23-21-24-19-8-4-3-7-18(19)20(25-21)22-14-17-6-5-13-27-17;/h3-4,7-12,17H,2,5-6,13-14H2,1H3,(H2,22,23,24,25);1H. The first kappa shape index (κ1) is 20.2. The summed E-state index contributed by atoms with van der Waals surface area (Å²) in [6.45, 7) is 4.23. The van der Waals surface area contributed by atoms with E-state index in [0.29, 0.717) is 12.6 Å². The molecule has 1 atom stereocenters.